The molecule has 2 N–H and O–H groups in total. The Bertz CT molecular complexity index is 604. The highest BCUT2D eigenvalue weighted by Crippen LogP contribution is 2.33. The van der Waals surface area contributed by atoms with Crippen LogP contribution < -0.4 is 10.5 Å². The van der Waals surface area contributed by atoms with E-state index in [4.69, 9.17) is 10.5 Å². The number of nitrogen functional groups attached to an aromatic ring is 1. The minimum absolute atomic E-state index is 0.0344. The molecule has 4 nitrogen and oxygen atoms in total. The summed E-state index contributed by atoms with van der Waals surface area (Å²) < 4.78 is 65.3. The van der Waals surface area contributed by atoms with Crippen LogP contribution in [0.5, 0.6) is 5.75 Å². The van der Waals surface area contributed by atoms with Gasteiger partial charge in [-0.2, -0.15) is 13.2 Å². The molecule has 1 rings (SSSR count). The molecule has 0 radical (unpaired) electrons. The molecule has 0 saturated carbocycles. The van der Waals surface area contributed by atoms with Gasteiger partial charge in [0.1, 0.15) is 12.4 Å². The van der Waals surface area contributed by atoms with Crippen LogP contribution in [0.3, 0.4) is 0 Å². The fourth-order valence-corrected chi connectivity index (χ4v) is 2.34. The zero-order chi connectivity index (χ0) is 16.5. The van der Waals surface area contributed by atoms with Crippen LogP contribution >= 0.6 is 0 Å². The maximum atomic E-state index is 12.5. The Morgan fingerprint density at radius 1 is 1.19 bits per heavy atom. The summed E-state index contributed by atoms with van der Waals surface area (Å²) >= 11 is 0. The van der Waals surface area contributed by atoms with Gasteiger partial charge >= 0.3 is 6.18 Å². The number of sulfone groups is 1. The summed E-state index contributed by atoms with van der Waals surface area (Å²) in [5.41, 5.74) is 4.42. The van der Waals surface area contributed by atoms with Gasteiger partial charge in [-0.15, -0.1) is 0 Å². The van der Waals surface area contributed by atoms with Crippen LogP contribution in [0.15, 0.2) is 18.2 Å². The summed E-state index contributed by atoms with van der Waals surface area (Å²) in [6.45, 7) is 4.52. The third-order valence-electron chi connectivity index (χ3n) is 2.88. The van der Waals surface area contributed by atoms with Gasteiger partial charge in [0.05, 0.1) is 21.8 Å². The average Bonchev–Trinajstić information content (AvgIpc) is 2.28. The number of alkyl halides is 3. The second-order valence-corrected chi connectivity index (χ2v) is 8.39. The predicted molar refractivity (Wildman–Crippen MR) is 74.9 cm³/mol. The van der Waals surface area contributed by atoms with Crippen molar-refractivity contribution in [3.05, 3.63) is 23.8 Å². The summed E-state index contributed by atoms with van der Waals surface area (Å²) in [5, 5.41) is 0. The molecule has 0 amide bonds. The molecule has 8 heteroatoms. The molecule has 0 spiro atoms. The summed E-state index contributed by atoms with van der Waals surface area (Å²) in [5.74, 6) is -0.205. The van der Waals surface area contributed by atoms with Crippen LogP contribution in [-0.2, 0) is 16.0 Å². The Morgan fingerprint density at radius 2 is 1.76 bits per heavy atom. The van der Waals surface area contributed by atoms with E-state index in [1.165, 1.54) is 0 Å². The van der Waals surface area contributed by atoms with Gasteiger partial charge in [0.15, 0.2) is 9.84 Å². The van der Waals surface area contributed by atoms with Crippen LogP contribution in [0.4, 0.5) is 18.9 Å². The number of ether oxygens (including phenoxy) is 1. The molecule has 0 aromatic heterocycles. The van der Waals surface area contributed by atoms with Crippen molar-refractivity contribution < 1.29 is 26.3 Å². The van der Waals surface area contributed by atoms with Crippen LogP contribution in [0, 0.1) is 0 Å². The molecule has 0 unspecified atom stereocenters. The summed E-state index contributed by atoms with van der Waals surface area (Å²) in [4.78, 5) is 0. The van der Waals surface area contributed by atoms with E-state index >= 15 is 0 Å². The summed E-state index contributed by atoms with van der Waals surface area (Å²) in [6, 6.07) is 2.68. The molecule has 0 saturated heterocycles. The molecule has 21 heavy (non-hydrogen) atoms. The van der Waals surface area contributed by atoms with Crippen LogP contribution in [-0.4, -0.2) is 25.5 Å². The Balaban J connectivity index is 2.74. The van der Waals surface area contributed by atoms with Crippen LogP contribution in [0.2, 0.25) is 0 Å². The molecule has 0 aliphatic rings. The van der Waals surface area contributed by atoms with Gasteiger partial charge < -0.3 is 10.5 Å². The Hall–Kier alpha value is -1.44. The van der Waals surface area contributed by atoms with Gasteiger partial charge in [0.2, 0.25) is 0 Å². The van der Waals surface area contributed by atoms with E-state index in [9.17, 15) is 21.6 Å². The molecule has 0 aliphatic carbocycles. The van der Waals surface area contributed by atoms with Gasteiger partial charge in [-0.25, -0.2) is 8.42 Å². The molecule has 0 fully saturated rings. The zero-order valence-electron chi connectivity index (χ0n) is 12.0. The van der Waals surface area contributed by atoms with E-state index in [0.29, 0.717) is 0 Å². The lowest BCUT2D eigenvalue weighted by Gasteiger charge is -2.19. The van der Waals surface area contributed by atoms with E-state index in [0.717, 1.165) is 18.2 Å². The van der Waals surface area contributed by atoms with Crippen LogP contribution in [0.1, 0.15) is 26.3 Å². The average molecular weight is 325 g/mol. The fraction of sp³-hybridized carbons (Fsp3) is 0.538. The number of rotatable bonds is 4. The fourth-order valence-electron chi connectivity index (χ4n) is 1.42. The van der Waals surface area contributed by atoms with Crippen molar-refractivity contribution in [3.8, 4) is 5.75 Å². The summed E-state index contributed by atoms with van der Waals surface area (Å²) in [7, 11) is -3.36. The first-order valence-electron chi connectivity index (χ1n) is 6.16. The van der Waals surface area contributed by atoms with Gasteiger partial charge in [0, 0.05) is 0 Å². The van der Waals surface area contributed by atoms with E-state index in [2.05, 4.69) is 0 Å². The number of hydrogen-bond acceptors (Lipinski definition) is 4. The third kappa shape index (κ3) is 4.52. The maximum Gasteiger partial charge on any atom is 0.416 e. The van der Waals surface area contributed by atoms with Crippen molar-refractivity contribution in [2.45, 2.75) is 31.7 Å². The molecule has 0 aliphatic heterocycles. The highest BCUT2D eigenvalue weighted by molar-refractivity contribution is 7.92. The van der Waals surface area contributed by atoms with Crippen molar-refractivity contribution >= 4 is 15.5 Å². The number of nitrogens with two attached hydrogens (primary N) is 1. The molecule has 1 aromatic rings. The van der Waals surface area contributed by atoms with Crippen molar-refractivity contribution in [1.82, 2.24) is 0 Å². The molecule has 0 atom stereocenters. The maximum absolute atomic E-state index is 12.5. The van der Waals surface area contributed by atoms with E-state index < -0.39 is 26.3 Å². The van der Waals surface area contributed by atoms with Crippen molar-refractivity contribution in [3.63, 3.8) is 0 Å². The van der Waals surface area contributed by atoms with Crippen molar-refractivity contribution in [2.24, 2.45) is 0 Å². The van der Waals surface area contributed by atoms with E-state index in [1.54, 1.807) is 20.8 Å². The predicted octanol–water partition coefficient (Wildman–Crippen LogP) is 2.88. The summed E-state index contributed by atoms with van der Waals surface area (Å²) in [6.07, 6.45) is -4.48. The third-order valence-corrected chi connectivity index (χ3v) is 5.45. The number of hydrogen-bond donors (Lipinski definition) is 1. The topological polar surface area (TPSA) is 69.4 Å². The number of benzene rings is 1. The zero-order valence-corrected chi connectivity index (χ0v) is 12.8. The first-order valence-corrected chi connectivity index (χ1v) is 7.81. The number of anilines is 1. The molecule has 0 heterocycles. The lowest BCUT2D eigenvalue weighted by atomic mass is 10.2. The molecular formula is C13H18F3NO3S. The molecule has 0 bridgehead atoms. The Morgan fingerprint density at radius 3 is 2.19 bits per heavy atom. The van der Waals surface area contributed by atoms with Crippen molar-refractivity contribution in [2.75, 3.05) is 18.1 Å². The number of halogens is 3. The monoisotopic (exact) mass is 325 g/mol. The standard InChI is InChI=1S/C13H18F3NO3S/c1-12(2,3)21(18,19)7-6-20-11-5-4-9(8-10(11)17)13(14,15)16/h4-5,8H,6-7,17H2,1-3H3. The van der Waals surface area contributed by atoms with Gasteiger partial charge in [-0.1, -0.05) is 0 Å². The largest absolute Gasteiger partial charge is 0.490 e. The van der Waals surface area contributed by atoms with Gasteiger partial charge in [-0.05, 0) is 39.0 Å². The first-order chi connectivity index (χ1) is 9.34. The first kappa shape index (κ1) is 17.6. The second kappa shape index (κ2) is 5.75. The smallest absolute Gasteiger partial charge is 0.416 e. The normalized spacial score (nSPS) is 13.2. The van der Waals surface area contributed by atoms with E-state index in [-0.39, 0.29) is 23.8 Å². The Labute approximate surface area is 122 Å². The highest BCUT2D eigenvalue weighted by atomic mass is 32.2. The second-order valence-electron chi connectivity index (χ2n) is 5.53. The minimum Gasteiger partial charge on any atom is -0.490 e. The van der Waals surface area contributed by atoms with Gasteiger partial charge in [0.25, 0.3) is 0 Å². The van der Waals surface area contributed by atoms with Crippen molar-refractivity contribution in [1.29, 1.82) is 0 Å². The molecule has 120 valence electrons. The SMILES string of the molecule is CC(C)(C)S(=O)(=O)CCOc1ccc(C(F)(F)F)cc1N. The lowest BCUT2D eigenvalue weighted by molar-refractivity contribution is -0.137. The van der Waals surface area contributed by atoms with E-state index in [1.807, 2.05) is 0 Å². The van der Waals surface area contributed by atoms with Crippen LogP contribution in [0.25, 0.3) is 0 Å². The highest BCUT2D eigenvalue weighted by Gasteiger charge is 2.31. The molecule has 1 aromatic carbocycles. The minimum atomic E-state index is -4.48. The quantitative estimate of drug-likeness (QED) is 0.864. The Kier molecular flexibility index (Phi) is 4.82. The van der Waals surface area contributed by atoms with Gasteiger partial charge in [-0.3, -0.25) is 0 Å². The molecular weight excluding hydrogens is 307 g/mol. The lowest BCUT2D eigenvalue weighted by Crippen LogP contribution is -2.32.